The summed E-state index contributed by atoms with van der Waals surface area (Å²) in [4.78, 5) is 11.7. The predicted molar refractivity (Wildman–Crippen MR) is 83.1 cm³/mol. The Labute approximate surface area is 125 Å². The molecule has 0 aliphatic carbocycles. The summed E-state index contributed by atoms with van der Waals surface area (Å²) in [5, 5.41) is 12.9. The normalized spacial score (nSPS) is 15.7. The fourth-order valence-electron chi connectivity index (χ4n) is 1.84. The van der Waals surface area contributed by atoms with Crippen molar-refractivity contribution >= 4 is 12.0 Å². The molecule has 0 spiro atoms. The Morgan fingerprint density at radius 2 is 2.05 bits per heavy atom. The largest absolute Gasteiger partial charge is 0.388 e. The molecule has 0 aliphatic rings. The number of carbonyl (C=O) groups is 1. The quantitative estimate of drug-likeness (QED) is 0.811. The summed E-state index contributed by atoms with van der Waals surface area (Å²) in [6.07, 6.45) is 4.58. The maximum atomic E-state index is 12.7. The summed E-state index contributed by atoms with van der Waals surface area (Å²) in [7, 11) is 0. The fraction of sp³-hybridized carbons (Fsp3) is 0.471. The molecule has 0 radical (unpaired) electrons. The van der Waals surface area contributed by atoms with E-state index in [2.05, 4.69) is 5.32 Å². The van der Waals surface area contributed by atoms with Crippen LogP contribution in [-0.4, -0.2) is 23.2 Å². The summed E-state index contributed by atoms with van der Waals surface area (Å²) in [6.45, 7) is 5.94. The minimum Gasteiger partial charge on any atom is -0.388 e. The first kappa shape index (κ1) is 17.4. The average molecular weight is 293 g/mol. The number of rotatable bonds is 7. The molecule has 2 atom stereocenters. The van der Waals surface area contributed by atoms with Gasteiger partial charge in [0.1, 0.15) is 5.82 Å². The summed E-state index contributed by atoms with van der Waals surface area (Å²) in [5.41, 5.74) is -0.0544. The average Bonchev–Trinajstić information content (AvgIpc) is 2.46. The lowest BCUT2D eigenvalue weighted by atomic mass is 9.88. The van der Waals surface area contributed by atoms with E-state index in [1.54, 1.807) is 31.2 Å². The van der Waals surface area contributed by atoms with E-state index in [0.29, 0.717) is 0 Å². The lowest BCUT2D eigenvalue weighted by Gasteiger charge is -2.29. The Balaban J connectivity index is 2.39. The molecule has 0 bridgehead atoms. The third-order valence-electron chi connectivity index (χ3n) is 3.80. The smallest absolute Gasteiger partial charge is 0.223 e. The second-order valence-electron chi connectivity index (χ2n) is 5.60. The fourth-order valence-corrected chi connectivity index (χ4v) is 1.84. The minimum atomic E-state index is -0.898. The zero-order chi connectivity index (χ0) is 15.9. The Morgan fingerprint density at radius 3 is 2.62 bits per heavy atom. The van der Waals surface area contributed by atoms with Crippen molar-refractivity contribution in [2.75, 3.05) is 6.54 Å². The van der Waals surface area contributed by atoms with Crippen molar-refractivity contribution < 1.29 is 14.3 Å². The molecule has 116 valence electrons. The third kappa shape index (κ3) is 6.08. The van der Waals surface area contributed by atoms with E-state index >= 15 is 0 Å². The van der Waals surface area contributed by atoms with Crippen LogP contribution in [0.5, 0.6) is 0 Å². The van der Waals surface area contributed by atoms with Crippen molar-refractivity contribution in [3.63, 3.8) is 0 Å². The van der Waals surface area contributed by atoms with Crippen LogP contribution in [0, 0.1) is 11.7 Å². The van der Waals surface area contributed by atoms with Gasteiger partial charge in [0.05, 0.1) is 5.60 Å². The van der Waals surface area contributed by atoms with Gasteiger partial charge in [-0.2, -0.15) is 0 Å². The van der Waals surface area contributed by atoms with Crippen molar-refractivity contribution in [1.82, 2.24) is 5.32 Å². The van der Waals surface area contributed by atoms with Gasteiger partial charge < -0.3 is 10.4 Å². The van der Waals surface area contributed by atoms with E-state index in [0.717, 1.165) is 12.0 Å². The third-order valence-corrected chi connectivity index (χ3v) is 3.80. The maximum Gasteiger partial charge on any atom is 0.223 e. The van der Waals surface area contributed by atoms with Gasteiger partial charge in [-0.25, -0.2) is 4.39 Å². The standard InChI is InChI=1S/C17H24FNO2/c1-4-13(2)17(3,21)12-19-16(20)7-5-6-14-8-10-15(18)11-9-14/h5-6,8-11,13,21H,4,7,12H2,1-3H3,(H,19,20). The number of hydrogen-bond donors (Lipinski definition) is 2. The highest BCUT2D eigenvalue weighted by atomic mass is 19.1. The molecular weight excluding hydrogens is 269 g/mol. The van der Waals surface area contributed by atoms with Crippen LogP contribution >= 0.6 is 0 Å². The van der Waals surface area contributed by atoms with Crippen LogP contribution in [0.1, 0.15) is 39.2 Å². The highest BCUT2D eigenvalue weighted by molar-refractivity contribution is 5.78. The Hall–Kier alpha value is -1.68. The van der Waals surface area contributed by atoms with E-state index in [4.69, 9.17) is 0 Å². The number of carbonyl (C=O) groups excluding carboxylic acids is 1. The van der Waals surface area contributed by atoms with Crippen molar-refractivity contribution in [2.24, 2.45) is 5.92 Å². The van der Waals surface area contributed by atoms with Gasteiger partial charge in [-0.3, -0.25) is 4.79 Å². The number of benzene rings is 1. The van der Waals surface area contributed by atoms with Crippen LogP contribution in [0.4, 0.5) is 4.39 Å². The zero-order valence-corrected chi connectivity index (χ0v) is 12.9. The molecule has 1 rings (SSSR count). The van der Waals surface area contributed by atoms with Crippen LogP contribution < -0.4 is 5.32 Å². The number of nitrogens with one attached hydrogen (secondary N) is 1. The second kappa shape index (κ2) is 7.93. The van der Waals surface area contributed by atoms with E-state index in [1.165, 1.54) is 12.1 Å². The monoisotopic (exact) mass is 293 g/mol. The van der Waals surface area contributed by atoms with Gasteiger partial charge in [-0.05, 0) is 30.5 Å². The second-order valence-corrected chi connectivity index (χ2v) is 5.60. The lowest BCUT2D eigenvalue weighted by molar-refractivity contribution is -0.121. The maximum absolute atomic E-state index is 12.7. The molecule has 21 heavy (non-hydrogen) atoms. The highest BCUT2D eigenvalue weighted by Crippen LogP contribution is 2.18. The molecule has 1 amide bonds. The van der Waals surface area contributed by atoms with Crippen LogP contribution in [0.3, 0.4) is 0 Å². The number of halogens is 1. The summed E-state index contributed by atoms with van der Waals surface area (Å²) in [6, 6.07) is 6.06. The van der Waals surface area contributed by atoms with Crippen molar-refractivity contribution in [2.45, 2.75) is 39.2 Å². The van der Waals surface area contributed by atoms with Gasteiger partial charge in [-0.15, -0.1) is 0 Å². The highest BCUT2D eigenvalue weighted by Gasteiger charge is 2.27. The molecule has 0 aliphatic heterocycles. The van der Waals surface area contributed by atoms with Crippen LogP contribution in [0.15, 0.2) is 30.3 Å². The van der Waals surface area contributed by atoms with Crippen molar-refractivity contribution in [3.05, 3.63) is 41.7 Å². The van der Waals surface area contributed by atoms with Crippen LogP contribution in [0.25, 0.3) is 6.08 Å². The molecule has 0 fully saturated rings. The van der Waals surface area contributed by atoms with Crippen LogP contribution in [0.2, 0.25) is 0 Å². The molecule has 1 aromatic rings. The Bertz CT molecular complexity index is 480. The predicted octanol–water partition coefficient (Wildman–Crippen LogP) is 3.14. The van der Waals surface area contributed by atoms with Crippen LogP contribution in [-0.2, 0) is 4.79 Å². The molecule has 0 saturated carbocycles. The summed E-state index contributed by atoms with van der Waals surface area (Å²) < 4.78 is 12.7. The van der Waals surface area contributed by atoms with Crippen molar-refractivity contribution in [3.8, 4) is 0 Å². The SMILES string of the molecule is CCC(C)C(C)(O)CNC(=O)CC=Cc1ccc(F)cc1. The van der Waals surface area contributed by atoms with E-state index in [9.17, 15) is 14.3 Å². The first-order valence-corrected chi connectivity index (χ1v) is 7.26. The van der Waals surface area contributed by atoms with E-state index in [1.807, 2.05) is 13.8 Å². The molecular formula is C17H24FNO2. The molecule has 0 heterocycles. The van der Waals surface area contributed by atoms with E-state index < -0.39 is 5.60 Å². The zero-order valence-electron chi connectivity index (χ0n) is 12.9. The minimum absolute atomic E-state index is 0.118. The Kier molecular flexibility index (Phi) is 6.56. The first-order valence-electron chi connectivity index (χ1n) is 7.26. The Morgan fingerprint density at radius 1 is 1.43 bits per heavy atom. The molecule has 2 unspecified atom stereocenters. The van der Waals surface area contributed by atoms with E-state index in [-0.39, 0.29) is 30.6 Å². The molecule has 2 N–H and O–H groups in total. The molecule has 4 heteroatoms. The van der Waals surface area contributed by atoms with Gasteiger partial charge in [0.2, 0.25) is 5.91 Å². The summed E-state index contributed by atoms with van der Waals surface area (Å²) >= 11 is 0. The van der Waals surface area contributed by atoms with Gasteiger partial charge in [0.15, 0.2) is 0 Å². The topological polar surface area (TPSA) is 49.3 Å². The van der Waals surface area contributed by atoms with Crippen molar-refractivity contribution in [1.29, 1.82) is 0 Å². The number of aliphatic hydroxyl groups is 1. The molecule has 1 aromatic carbocycles. The van der Waals surface area contributed by atoms with Gasteiger partial charge in [0, 0.05) is 13.0 Å². The number of amides is 1. The molecule has 0 saturated heterocycles. The molecule has 3 nitrogen and oxygen atoms in total. The number of hydrogen-bond acceptors (Lipinski definition) is 2. The first-order chi connectivity index (χ1) is 9.85. The van der Waals surface area contributed by atoms with Gasteiger partial charge >= 0.3 is 0 Å². The lowest BCUT2D eigenvalue weighted by Crippen LogP contribution is -2.44. The van der Waals surface area contributed by atoms with Gasteiger partial charge in [0.25, 0.3) is 0 Å². The molecule has 0 aromatic heterocycles. The van der Waals surface area contributed by atoms with Gasteiger partial charge in [-0.1, -0.05) is 44.6 Å². The summed E-state index contributed by atoms with van der Waals surface area (Å²) in [5.74, 6) is -0.304.